The Labute approximate surface area is 123 Å². The van der Waals surface area contributed by atoms with Crippen LogP contribution in [0.15, 0.2) is 41.6 Å². The Balaban J connectivity index is 1.80. The van der Waals surface area contributed by atoms with Crippen molar-refractivity contribution in [2.45, 2.75) is 17.9 Å². The predicted octanol–water partition coefficient (Wildman–Crippen LogP) is 0.922. The minimum atomic E-state index is -3.53. The van der Waals surface area contributed by atoms with Gasteiger partial charge in [0.15, 0.2) is 0 Å². The van der Waals surface area contributed by atoms with Gasteiger partial charge >= 0.3 is 0 Å². The monoisotopic (exact) mass is 308 g/mol. The van der Waals surface area contributed by atoms with Crippen molar-refractivity contribution in [3.8, 4) is 5.75 Å². The summed E-state index contributed by atoms with van der Waals surface area (Å²) in [5.74, 6) is 0.393. The van der Waals surface area contributed by atoms with Gasteiger partial charge in [0.1, 0.15) is 10.6 Å². The van der Waals surface area contributed by atoms with E-state index < -0.39 is 10.0 Å². The normalized spacial score (nSPS) is 16.6. The van der Waals surface area contributed by atoms with E-state index in [1.807, 2.05) is 6.92 Å². The number of benzene rings is 1. The van der Waals surface area contributed by atoms with Crippen LogP contribution in [0.25, 0.3) is 0 Å². The molecule has 0 aliphatic carbocycles. The fraction of sp³-hybridized carbons (Fsp3) is 0.385. The molecule has 1 saturated heterocycles. The number of rotatable bonds is 5. The number of hydrogen-bond acceptors (Lipinski definition) is 5. The minimum Gasteiger partial charge on any atom is -0.492 e. The third kappa shape index (κ3) is 2.52. The number of ether oxygens (including phenoxy) is 1. The molecule has 1 fully saturated rings. The molecule has 0 unspecified atom stereocenters. The van der Waals surface area contributed by atoms with Gasteiger partial charge in [-0.2, -0.15) is 4.31 Å². The van der Waals surface area contributed by atoms with Crippen molar-refractivity contribution in [2.24, 2.45) is 0 Å². The summed E-state index contributed by atoms with van der Waals surface area (Å²) in [5, 5.41) is 7.63. The topological polar surface area (TPSA) is 77.3 Å². The van der Waals surface area contributed by atoms with Gasteiger partial charge in [-0.1, -0.05) is 17.3 Å². The number of aromatic nitrogens is 3. The van der Waals surface area contributed by atoms with Crippen molar-refractivity contribution in [2.75, 3.05) is 19.7 Å². The molecule has 112 valence electrons. The fourth-order valence-electron chi connectivity index (χ4n) is 2.27. The molecule has 1 aliphatic heterocycles. The largest absolute Gasteiger partial charge is 0.492 e. The van der Waals surface area contributed by atoms with Crippen molar-refractivity contribution in [3.63, 3.8) is 0 Å². The lowest BCUT2D eigenvalue weighted by Crippen LogP contribution is -2.50. The van der Waals surface area contributed by atoms with Gasteiger partial charge in [0.05, 0.1) is 18.8 Å². The zero-order chi connectivity index (χ0) is 14.9. The van der Waals surface area contributed by atoms with Crippen molar-refractivity contribution in [1.29, 1.82) is 0 Å². The maximum atomic E-state index is 12.6. The average molecular weight is 308 g/mol. The lowest BCUT2D eigenvalue weighted by atomic mass is 10.2. The van der Waals surface area contributed by atoms with Crippen LogP contribution in [-0.2, 0) is 10.0 Å². The van der Waals surface area contributed by atoms with E-state index in [4.69, 9.17) is 4.74 Å². The summed E-state index contributed by atoms with van der Waals surface area (Å²) in [7, 11) is -3.53. The molecule has 2 aromatic rings. The van der Waals surface area contributed by atoms with Gasteiger partial charge in [-0.05, 0) is 19.1 Å². The first kappa shape index (κ1) is 14.0. The second-order valence-electron chi connectivity index (χ2n) is 4.74. The van der Waals surface area contributed by atoms with E-state index in [0.29, 0.717) is 25.4 Å². The Morgan fingerprint density at radius 1 is 1.33 bits per heavy atom. The van der Waals surface area contributed by atoms with Crippen molar-refractivity contribution < 1.29 is 13.2 Å². The van der Waals surface area contributed by atoms with Crippen LogP contribution in [0.5, 0.6) is 5.75 Å². The molecule has 0 saturated carbocycles. The zero-order valence-corrected chi connectivity index (χ0v) is 12.4. The van der Waals surface area contributed by atoms with Gasteiger partial charge in [0.25, 0.3) is 0 Å². The highest BCUT2D eigenvalue weighted by Crippen LogP contribution is 2.32. The van der Waals surface area contributed by atoms with E-state index in [1.54, 1.807) is 41.3 Å². The number of nitrogens with zero attached hydrogens (tertiary/aromatic N) is 4. The van der Waals surface area contributed by atoms with Crippen LogP contribution in [0.3, 0.4) is 0 Å². The van der Waals surface area contributed by atoms with Crippen LogP contribution >= 0.6 is 0 Å². The Hall–Kier alpha value is -1.93. The van der Waals surface area contributed by atoms with Crippen molar-refractivity contribution >= 4 is 10.0 Å². The fourth-order valence-corrected chi connectivity index (χ4v) is 3.92. The first-order chi connectivity index (χ1) is 10.1. The lowest BCUT2D eigenvalue weighted by molar-refractivity contribution is 0.188. The van der Waals surface area contributed by atoms with E-state index in [9.17, 15) is 8.42 Å². The van der Waals surface area contributed by atoms with E-state index in [-0.39, 0.29) is 10.9 Å². The Morgan fingerprint density at radius 3 is 2.76 bits per heavy atom. The molecule has 0 spiro atoms. The van der Waals surface area contributed by atoms with Crippen LogP contribution in [-0.4, -0.2) is 47.4 Å². The number of hydrogen-bond donors (Lipinski definition) is 0. The summed E-state index contributed by atoms with van der Waals surface area (Å²) in [6.45, 7) is 3.04. The SMILES string of the molecule is CCOc1ccccc1S(=O)(=O)N1CC(n2ccnn2)C1. The summed E-state index contributed by atoms with van der Waals surface area (Å²) in [6.07, 6.45) is 3.32. The molecule has 0 bridgehead atoms. The van der Waals surface area contributed by atoms with Crippen LogP contribution < -0.4 is 4.74 Å². The zero-order valence-electron chi connectivity index (χ0n) is 11.6. The van der Waals surface area contributed by atoms with Gasteiger partial charge < -0.3 is 4.74 Å². The molecule has 1 aromatic heterocycles. The molecule has 2 heterocycles. The predicted molar refractivity (Wildman–Crippen MR) is 75.4 cm³/mol. The maximum Gasteiger partial charge on any atom is 0.246 e. The molecule has 1 aromatic carbocycles. The summed E-state index contributed by atoms with van der Waals surface area (Å²) >= 11 is 0. The minimum absolute atomic E-state index is 0.0431. The highest BCUT2D eigenvalue weighted by atomic mass is 32.2. The third-order valence-electron chi connectivity index (χ3n) is 3.41. The quantitative estimate of drug-likeness (QED) is 0.821. The van der Waals surface area contributed by atoms with E-state index in [2.05, 4.69) is 10.3 Å². The molecule has 0 N–H and O–H groups in total. The Morgan fingerprint density at radius 2 is 2.10 bits per heavy atom. The smallest absolute Gasteiger partial charge is 0.246 e. The van der Waals surface area contributed by atoms with E-state index in [1.165, 1.54) is 4.31 Å². The van der Waals surface area contributed by atoms with Crippen LogP contribution in [0.2, 0.25) is 0 Å². The summed E-state index contributed by atoms with van der Waals surface area (Å²) in [4.78, 5) is 0.212. The molecule has 21 heavy (non-hydrogen) atoms. The maximum absolute atomic E-state index is 12.6. The molecular weight excluding hydrogens is 292 g/mol. The Kier molecular flexibility index (Phi) is 3.64. The van der Waals surface area contributed by atoms with Crippen LogP contribution in [0, 0.1) is 0 Å². The van der Waals surface area contributed by atoms with Gasteiger partial charge in [-0.3, -0.25) is 0 Å². The van der Waals surface area contributed by atoms with Crippen LogP contribution in [0.1, 0.15) is 13.0 Å². The molecule has 0 radical (unpaired) electrons. The molecular formula is C13H16N4O3S. The average Bonchev–Trinajstić information content (AvgIpc) is 2.91. The van der Waals surface area contributed by atoms with Gasteiger partial charge in [-0.25, -0.2) is 13.1 Å². The molecule has 3 rings (SSSR count). The summed E-state index contributed by atoms with van der Waals surface area (Å²) < 4.78 is 33.8. The third-order valence-corrected chi connectivity index (χ3v) is 5.28. The summed E-state index contributed by atoms with van der Waals surface area (Å²) in [6, 6.07) is 6.75. The van der Waals surface area contributed by atoms with Crippen molar-refractivity contribution in [3.05, 3.63) is 36.7 Å². The number of sulfonamides is 1. The summed E-state index contributed by atoms with van der Waals surface area (Å²) in [5.41, 5.74) is 0. The second-order valence-corrected chi connectivity index (χ2v) is 6.65. The first-order valence-electron chi connectivity index (χ1n) is 6.70. The van der Waals surface area contributed by atoms with Gasteiger partial charge in [-0.15, -0.1) is 5.10 Å². The molecule has 0 atom stereocenters. The standard InChI is InChI=1S/C13H16N4O3S/c1-2-20-12-5-3-4-6-13(12)21(18,19)16-9-11(10-16)17-8-7-14-15-17/h3-8,11H,2,9-10H2,1H3. The highest BCUT2D eigenvalue weighted by Gasteiger charge is 2.39. The molecule has 1 aliphatic rings. The van der Waals surface area contributed by atoms with Crippen LogP contribution in [0.4, 0.5) is 0 Å². The Bertz CT molecular complexity index is 709. The molecule has 0 amide bonds. The van der Waals surface area contributed by atoms with Gasteiger partial charge in [0, 0.05) is 19.3 Å². The highest BCUT2D eigenvalue weighted by molar-refractivity contribution is 7.89. The first-order valence-corrected chi connectivity index (χ1v) is 8.14. The molecule has 8 heteroatoms. The second kappa shape index (κ2) is 5.45. The number of para-hydroxylation sites is 1. The van der Waals surface area contributed by atoms with Gasteiger partial charge in [0.2, 0.25) is 10.0 Å². The lowest BCUT2D eigenvalue weighted by Gasteiger charge is -2.37. The van der Waals surface area contributed by atoms with E-state index >= 15 is 0 Å². The van der Waals surface area contributed by atoms with Crippen molar-refractivity contribution in [1.82, 2.24) is 19.3 Å². The van der Waals surface area contributed by atoms with E-state index in [0.717, 1.165) is 0 Å². The molecule has 7 nitrogen and oxygen atoms in total.